The highest BCUT2D eigenvalue weighted by Gasteiger charge is 2.45. The van der Waals surface area contributed by atoms with Gasteiger partial charge in [-0.05, 0) is 85.8 Å². The third-order valence-corrected chi connectivity index (χ3v) is 11.4. The summed E-state index contributed by atoms with van der Waals surface area (Å²) in [6.45, 7) is 5.54. The van der Waals surface area contributed by atoms with E-state index in [2.05, 4.69) is 31.2 Å². The van der Waals surface area contributed by atoms with Crippen molar-refractivity contribution in [1.29, 1.82) is 0 Å². The van der Waals surface area contributed by atoms with Crippen molar-refractivity contribution in [1.82, 2.24) is 19.9 Å². The number of amides is 2. The van der Waals surface area contributed by atoms with Gasteiger partial charge < -0.3 is 24.8 Å². The summed E-state index contributed by atoms with van der Waals surface area (Å²) in [7, 11) is 0. The summed E-state index contributed by atoms with van der Waals surface area (Å²) in [4.78, 5) is 50.5. The lowest BCUT2D eigenvalue weighted by atomic mass is 9.73. The lowest BCUT2D eigenvalue weighted by Crippen LogP contribution is -2.59. The number of carbonyl (C=O) groups excluding carboxylic acids is 2. The highest BCUT2D eigenvalue weighted by molar-refractivity contribution is 7.19. The van der Waals surface area contributed by atoms with Crippen LogP contribution >= 0.6 is 11.3 Å². The van der Waals surface area contributed by atoms with Crippen LogP contribution in [0.3, 0.4) is 0 Å². The Hall–Kier alpha value is -5.46. The number of aromatic amines is 1. The van der Waals surface area contributed by atoms with E-state index in [9.17, 15) is 14.0 Å². The Bertz CT molecular complexity index is 2290. The number of para-hydroxylation sites is 2. The van der Waals surface area contributed by atoms with E-state index in [1.165, 1.54) is 23.6 Å². The molecule has 2 amide bonds. The van der Waals surface area contributed by atoms with Crippen molar-refractivity contribution < 1.29 is 18.7 Å². The van der Waals surface area contributed by atoms with Crippen molar-refractivity contribution in [2.75, 3.05) is 48.0 Å². The van der Waals surface area contributed by atoms with Gasteiger partial charge in [-0.25, -0.2) is 14.4 Å². The Morgan fingerprint density at radius 3 is 2.61 bits per heavy atom. The van der Waals surface area contributed by atoms with Crippen molar-refractivity contribution in [3.05, 3.63) is 107 Å². The minimum absolute atomic E-state index is 0.237. The predicted molar refractivity (Wildman–Crippen MR) is 196 cm³/mol. The van der Waals surface area contributed by atoms with E-state index < -0.39 is 5.82 Å². The molecule has 6 aromatic rings. The number of hydrogen-bond donors (Lipinski definition) is 2. The van der Waals surface area contributed by atoms with Gasteiger partial charge in [0.2, 0.25) is 0 Å². The minimum atomic E-state index is -0.520. The van der Waals surface area contributed by atoms with Crippen LogP contribution in [-0.2, 0) is 11.2 Å². The third kappa shape index (κ3) is 5.74. The lowest BCUT2D eigenvalue weighted by molar-refractivity contribution is -0.000510. The third-order valence-electron chi connectivity index (χ3n) is 10.2. The van der Waals surface area contributed by atoms with Crippen molar-refractivity contribution in [3.63, 3.8) is 0 Å². The molecule has 1 spiro atoms. The van der Waals surface area contributed by atoms with Crippen LogP contribution in [0, 0.1) is 18.2 Å². The molecule has 3 aliphatic heterocycles. The number of aromatic nitrogens is 4. The number of pyridine rings is 2. The van der Waals surface area contributed by atoms with Crippen LogP contribution in [0.15, 0.2) is 79.1 Å². The summed E-state index contributed by atoms with van der Waals surface area (Å²) in [6.07, 6.45) is 5.59. The van der Waals surface area contributed by atoms with Gasteiger partial charge in [-0.15, -0.1) is 11.3 Å². The maximum atomic E-state index is 14.7. The molecule has 4 aromatic heterocycles. The molecule has 2 saturated heterocycles. The summed E-state index contributed by atoms with van der Waals surface area (Å²) in [5.74, 6) is 0.384. The maximum absolute atomic E-state index is 14.7. The number of thiophene rings is 1. The first kappa shape index (κ1) is 31.5. The Morgan fingerprint density at radius 2 is 1.80 bits per heavy atom. The van der Waals surface area contributed by atoms with Gasteiger partial charge in [0.05, 0.1) is 38.2 Å². The van der Waals surface area contributed by atoms with Crippen molar-refractivity contribution in [2.24, 2.45) is 5.41 Å². The van der Waals surface area contributed by atoms with Gasteiger partial charge in [-0.2, -0.15) is 0 Å². The molecule has 3 aliphatic rings. The normalized spacial score (nSPS) is 16.4. The molecule has 0 saturated carbocycles. The quantitative estimate of drug-likeness (QED) is 0.195. The van der Waals surface area contributed by atoms with Crippen molar-refractivity contribution in [3.8, 4) is 21.3 Å². The molecule has 0 aliphatic carbocycles. The summed E-state index contributed by atoms with van der Waals surface area (Å²) in [6, 6.07) is 20.0. The van der Waals surface area contributed by atoms with Gasteiger partial charge in [0.25, 0.3) is 11.8 Å². The number of anilines is 3. The topological polar surface area (TPSA) is 116 Å². The van der Waals surface area contributed by atoms with Crippen LogP contribution in [0.25, 0.3) is 32.3 Å². The summed E-state index contributed by atoms with van der Waals surface area (Å²) < 4.78 is 20.3. The van der Waals surface area contributed by atoms with E-state index in [0.29, 0.717) is 47.0 Å². The van der Waals surface area contributed by atoms with Crippen LogP contribution in [0.1, 0.15) is 44.7 Å². The molecule has 2 fully saturated rings. The summed E-state index contributed by atoms with van der Waals surface area (Å²) in [5.41, 5.74) is 6.45. The Balaban J connectivity index is 0.940. The fourth-order valence-electron chi connectivity index (χ4n) is 7.44. The molecule has 12 heteroatoms. The fourth-order valence-corrected chi connectivity index (χ4v) is 8.60. The number of nitrogens with zero attached hydrogens (tertiary/aromatic N) is 5. The molecule has 0 radical (unpaired) electrons. The van der Waals surface area contributed by atoms with E-state index in [0.717, 1.165) is 76.9 Å². The van der Waals surface area contributed by atoms with E-state index in [1.54, 1.807) is 35.4 Å². The minimum Gasteiger partial charge on any atom is -0.381 e. The van der Waals surface area contributed by atoms with E-state index in [4.69, 9.17) is 9.72 Å². The zero-order valence-electron chi connectivity index (χ0n) is 27.9. The first-order chi connectivity index (χ1) is 24.8. The molecule has 51 heavy (non-hydrogen) atoms. The zero-order chi connectivity index (χ0) is 34.7. The van der Waals surface area contributed by atoms with Crippen LogP contribution < -0.4 is 15.1 Å². The summed E-state index contributed by atoms with van der Waals surface area (Å²) >= 11 is 1.53. The van der Waals surface area contributed by atoms with Gasteiger partial charge in [0, 0.05) is 61.8 Å². The number of rotatable bonds is 5. The van der Waals surface area contributed by atoms with Gasteiger partial charge in [-0.3, -0.25) is 14.6 Å². The van der Waals surface area contributed by atoms with E-state index >= 15 is 0 Å². The SMILES string of the molecule is Cc1cnc(N2CC3(CCOCC3)C2)c(C(=O)Nc2ccc(C(=O)N3CCc4cc(-c5nc6ccccc6[nH]5)sc4-c4ncc(F)cc43)cc2)c1. The number of aryl methyl sites for hydroxylation is 1. The molecule has 0 atom stereocenters. The smallest absolute Gasteiger partial charge is 0.259 e. The molecule has 10 nitrogen and oxygen atoms in total. The van der Waals surface area contributed by atoms with Gasteiger partial charge >= 0.3 is 0 Å². The Kier molecular flexibility index (Phi) is 7.66. The van der Waals surface area contributed by atoms with Gasteiger partial charge in [0.1, 0.15) is 23.2 Å². The highest BCUT2D eigenvalue weighted by Crippen LogP contribution is 2.44. The zero-order valence-corrected chi connectivity index (χ0v) is 28.7. The number of benzene rings is 2. The van der Waals surface area contributed by atoms with Crippen molar-refractivity contribution in [2.45, 2.75) is 26.2 Å². The molecule has 0 unspecified atom stereocenters. The average Bonchev–Trinajstić information content (AvgIpc) is 3.73. The molecule has 9 rings (SSSR count). The Labute approximate surface area is 297 Å². The number of hydrogen-bond acceptors (Lipinski definition) is 8. The number of halogens is 1. The summed E-state index contributed by atoms with van der Waals surface area (Å²) in [5, 5.41) is 3.00. The molecular weight excluding hydrogens is 666 g/mol. The molecule has 2 aromatic carbocycles. The fraction of sp³-hybridized carbons (Fsp3) is 0.256. The molecule has 2 N–H and O–H groups in total. The second kappa shape index (κ2) is 12.4. The maximum Gasteiger partial charge on any atom is 0.259 e. The second-order valence-electron chi connectivity index (χ2n) is 13.7. The molecule has 7 heterocycles. The number of fused-ring (bicyclic) bond motifs is 4. The van der Waals surface area contributed by atoms with Gasteiger partial charge in [-0.1, -0.05) is 12.1 Å². The first-order valence-electron chi connectivity index (χ1n) is 17.1. The number of carbonyl (C=O) groups is 2. The van der Waals surface area contributed by atoms with Crippen LogP contribution in [-0.4, -0.2) is 64.6 Å². The monoisotopic (exact) mass is 699 g/mol. The number of H-pyrrole nitrogens is 1. The predicted octanol–water partition coefficient (Wildman–Crippen LogP) is 7.27. The van der Waals surface area contributed by atoms with Crippen LogP contribution in [0.5, 0.6) is 0 Å². The van der Waals surface area contributed by atoms with E-state index in [1.807, 2.05) is 37.3 Å². The number of nitrogens with one attached hydrogen (secondary N) is 2. The van der Waals surface area contributed by atoms with Crippen LogP contribution in [0.4, 0.5) is 21.6 Å². The Morgan fingerprint density at radius 1 is 1.00 bits per heavy atom. The second-order valence-corrected chi connectivity index (χ2v) is 14.7. The largest absolute Gasteiger partial charge is 0.381 e. The van der Waals surface area contributed by atoms with E-state index in [-0.39, 0.29) is 17.2 Å². The molecular formula is C39H34FN7O3S. The first-order valence-corrected chi connectivity index (χ1v) is 17.9. The van der Waals surface area contributed by atoms with Crippen molar-refractivity contribution >= 4 is 51.4 Å². The average molecular weight is 700 g/mol. The molecule has 256 valence electrons. The highest BCUT2D eigenvalue weighted by atomic mass is 32.1. The standard InChI is InChI=1S/C39H34FN7O3S/c1-23-16-28(36(42-19-23)46-21-39(22-46)11-14-50-15-12-39)37(48)43-27-8-6-24(7-9-27)38(49)47-13-10-25-17-32(35-44-29-4-2-3-5-30(29)45-35)51-34(25)33-31(47)18-26(40)20-41-33/h2-9,16-20H,10-15,21-22H2,1H3,(H,43,48)(H,44,45). The molecule has 0 bridgehead atoms. The van der Waals surface area contributed by atoms with Gasteiger partial charge in [0.15, 0.2) is 0 Å². The van der Waals surface area contributed by atoms with Crippen LogP contribution in [0.2, 0.25) is 0 Å². The number of imidazole rings is 1. The number of ether oxygens (including phenoxy) is 1. The lowest BCUT2D eigenvalue weighted by Gasteiger charge is -2.53.